The van der Waals surface area contributed by atoms with E-state index in [1.165, 1.54) is 0 Å². The molecule has 1 rings (SSSR count). The Hall–Kier alpha value is -1.11. The molecule has 0 heterocycles. The van der Waals surface area contributed by atoms with E-state index in [-0.39, 0.29) is 6.54 Å². The van der Waals surface area contributed by atoms with Crippen LogP contribution in [0.1, 0.15) is 13.3 Å². The lowest BCUT2D eigenvalue weighted by Crippen LogP contribution is -2.30. The van der Waals surface area contributed by atoms with Crippen molar-refractivity contribution in [1.82, 2.24) is 0 Å². The third-order valence-corrected chi connectivity index (χ3v) is 4.99. The normalized spacial score (nSPS) is 13.0. The van der Waals surface area contributed by atoms with E-state index in [4.69, 9.17) is 17.3 Å². The second-order valence-corrected chi connectivity index (χ2v) is 7.11. The largest absolute Gasteiger partial charge is 0.330 e. The van der Waals surface area contributed by atoms with Crippen LogP contribution in [0.5, 0.6) is 0 Å². The van der Waals surface area contributed by atoms with Crippen molar-refractivity contribution in [2.24, 2.45) is 5.73 Å². The van der Waals surface area contributed by atoms with Gasteiger partial charge in [0.05, 0.1) is 5.25 Å². The lowest BCUT2D eigenvalue weighted by atomic mass is 10.3. The fraction of sp³-hybridized carbons (Fsp3) is 0.417. The molecule has 19 heavy (non-hydrogen) atoms. The van der Waals surface area contributed by atoms with Crippen molar-refractivity contribution in [2.45, 2.75) is 18.6 Å². The standard InChI is InChI=1S/C12H17ClN2O3S/c1-9(5-6-14)19(17,18)8-12(16)15-11-4-2-3-10(13)7-11/h2-4,7,9H,5-6,8,14H2,1H3,(H,15,16). The van der Waals surface area contributed by atoms with Gasteiger partial charge in [0.2, 0.25) is 5.91 Å². The third kappa shape index (κ3) is 5.18. The van der Waals surface area contributed by atoms with Gasteiger partial charge in [-0.2, -0.15) is 0 Å². The zero-order valence-corrected chi connectivity index (χ0v) is 12.2. The Morgan fingerprint density at radius 2 is 2.16 bits per heavy atom. The van der Waals surface area contributed by atoms with Gasteiger partial charge in [0.25, 0.3) is 0 Å². The number of hydrogen-bond acceptors (Lipinski definition) is 4. The molecule has 1 aromatic carbocycles. The molecule has 1 aromatic rings. The number of benzene rings is 1. The van der Waals surface area contributed by atoms with Crippen LogP contribution in [0, 0.1) is 0 Å². The Morgan fingerprint density at radius 3 is 2.74 bits per heavy atom. The maximum Gasteiger partial charge on any atom is 0.239 e. The van der Waals surface area contributed by atoms with Gasteiger partial charge >= 0.3 is 0 Å². The number of anilines is 1. The summed E-state index contributed by atoms with van der Waals surface area (Å²) in [6, 6.07) is 6.52. The first kappa shape index (κ1) is 15.9. The van der Waals surface area contributed by atoms with Crippen molar-refractivity contribution >= 4 is 33.0 Å². The highest BCUT2D eigenvalue weighted by molar-refractivity contribution is 7.92. The van der Waals surface area contributed by atoms with Gasteiger partial charge in [-0.25, -0.2) is 8.42 Å². The molecule has 1 atom stereocenters. The summed E-state index contributed by atoms with van der Waals surface area (Å²) in [5, 5.41) is 2.35. The maximum absolute atomic E-state index is 11.8. The number of rotatable bonds is 6. The van der Waals surface area contributed by atoms with Crippen LogP contribution in [0.15, 0.2) is 24.3 Å². The Morgan fingerprint density at radius 1 is 1.47 bits per heavy atom. The Bertz CT molecular complexity index is 546. The van der Waals surface area contributed by atoms with Crippen molar-refractivity contribution in [2.75, 3.05) is 17.6 Å². The quantitative estimate of drug-likeness (QED) is 0.832. The number of halogens is 1. The van der Waals surface area contributed by atoms with Crippen molar-refractivity contribution < 1.29 is 13.2 Å². The van der Waals surface area contributed by atoms with Gasteiger partial charge in [-0.3, -0.25) is 4.79 Å². The molecule has 0 aliphatic heterocycles. The van der Waals surface area contributed by atoms with Crippen LogP contribution < -0.4 is 11.1 Å². The lowest BCUT2D eigenvalue weighted by Gasteiger charge is -2.11. The average molecular weight is 305 g/mol. The third-order valence-electron chi connectivity index (χ3n) is 2.63. The number of carbonyl (C=O) groups is 1. The molecule has 5 nitrogen and oxygen atoms in total. The van der Waals surface area contributed by atoms with Crippen molar-refractivity contribution in [1.29, 1.82) is 0 Å². The lowest BCUT2D eigenvalue weighted by molar-refractivity contribution is -0.113. The predicted octanol–water partition coefficient (Wildman–Crippen LogP) is 1.43. The minimum absolute atomic E-state index is 0.274. The number of amides is 1. The van der Waals surface area contributed by atoms with Crippen LogP contribution in [0.2, 0.25) is 5.02 Å². The molecule has 0 saturated heterocycles. The summed E-state index contributed by atoms with van der Waals surface area (Å²) in [4.78, 5) is 11.7. The highest BCUT2D eigenvalue weighted by atomic mass is 35.5. The molecule has 106 valence electrons. The first-order chi connectivity index (χ1) is 8.85. The molecule has 3 N–H and O–H groups in total. The Labute approximate surface area is 118 Å². The molecule has 0 aliphatic rings. The van der Waals surface area contributed by atoms with Crippen LogP contribution in [-0.4, -0.2) is 31.9 Å². The summed E-state index contributed by atoms with van der Waals surface area (Å²) in [5.41, 5.74) is 5.79. The number of hydrogen-bond donors (Lipinski definition) is 2. The second kappa shape index (κ2) is 6.88. The van der Waals surface area contributed by atoms with Gasteiger partial charge in [-0.05, 0) is 38.1 Å². The minimum atomic E-state index is -3.48. The molecule has 7 heteroatoms. The molecular weight excluding hydrogens is 288 g/mol. The van der Waals surface area contributed by atoms with Gasteiger partial charge in [-0.15, -0.1) is 0 Å². The summed E-state index contributed by atoms with van der Waals surface area (Å²) < 4.78 is 23.7. The molecule has 1 unspecified atom stereocenters. The van der Waals surface area contributed by atoms with Crippen LogP contribution in [-0.2, 0) is 14.6 Å². The summed E-state index contributed by atoms with van der Waals surface area (Å²) in [6.45, 7) is 1.82. The van der Waals surface area contributed by atoms with Gasteiger partial charge in [-0.1, -0.05) is 17.7 Å². The van der Waals surface area contributed by atoms with E-state index in [9.17, 15) is 13.2 Å². The molecule has 0 radical (unpaired) electrons. The maximum atomic E-state index is 11.8. The molecule has 0 bridgehead atoms. The zero-order chi connectivity index (χ0) is 14.5. The first-order valence-corrected chi connectivity index (χ1v) is 7.91. The van der Waals surface area contributed by atoms with Crippen molar-refractivity contribution in [3.8, 4) is 0 Å². The number of sulfone groups is 1. The summed E-state index contributed by atoms with van der Waals surface area (Å²) >= 11 is 5.77. The van der Waals surface area contributed by atoms with Crippen LogP contribution >= 0.6 is 11.6 Å². The molecule has 0 spiro atoms. The highest BCUT2D eigenvalue weighted by Crippen LogP contribution is 2.15. The summed E-state index contributed by atoms with van der Waals surface area (Å²) in [7, 11) is -3.48. The van der Waals surface area contributed by atoms with Crippen molar-refractivity contribution in [3.05, 3.63) is 29.3 Å². The van der Waals surface area contributed by atoms with Crippen LogP contribution in [0.3, 0.4) is 0 Å². The van der Waals surface area contributed by atoms with Gasteiger partial charge in [0.15, 0.2) is 9.84 Å². The smallest absolute Gasteiger partial charge is 0.239 e. The Kier molecular flexibility index (Phi) is 5.78. The van der Waals surface area contributed by atoms with Crippen LogP contribution in [0.4, 0.5) is 5.69 Å². The van der Waals surface area contributed by atoms with E-state index >= 15 is 0 Å². The van der Waals surface area contributed by atoms with Gasteiger partial charge in [0.1, 0.15) is 5.75 Å². The topological polar surface area (TPSA) is 89.3 Å². The van der Waals surface area contributed by atoms with Crippen LogP contribution in [0.25, 0.3) is 0 Å². The fourth-order valence-corrected chi connectivity index (χ4v) is 2.91. The molecular formula is C12H17ClN2O3S. The Balaban J connectivity index is 2.65. The molecule has 0 aliphatic carbocycles. The highest BCUT2D eigenvalue weighted by Gasteiger charge is 2.23. The number of carbonyl (C=O) groups excluding carboxylic acids is 1. The van der Waals surface area contributed by atoms with E-state index in [2.05, 4.69) is 5.32 Å². The van der Waals surface area contributed by atoms with Gasteiger partial charge in [0, 0.05) is 10.7 Å². The number of nitrogens with two attached hydrogens (primary N) is 1. The summed E-state index contributed by atoms with van der Waals surface area (Å²) in [6.07, 6.45) is 0.340. The number of nitrogens with one attached hydrogen (secondary N) is 1. The molecule has 1 amide bonds. The SMILES string of the molecule is CC(CCN)S(=O)(=O)CC(=O)Nc1cccc(Cl)c1. The molecule has 0 aromatic heterocycles. The van der Waals surface area contributed by atoms with E-state index in [0.29, 0.717) is 17.1 Å². The van der Waals surface area contributed by atoms with Gasteiger partial charge < -0.3 is 11.1 Å². The van der Waals surface area contributed by atoms with E-state index < -0.39 is 26.7 Å². The summed E-state index contributed by atoms with van der Waals surface area (Å²) in [5.74, 6) is -1.13. The molecule has 0 saturated carbocycles. The first-order valence-electron chi connectivity index (χ1n) is 5.82. The second-order valence-electron chi connectivity index (χ2n) is 4.25. The monoisotopic (exact) mass is 304 g/mol. The zero-order valence-electron chi connectivity index (χ0n) is 10.6. The van der Waals surface area contributed by atoms with E-state index in [1.807, 2.05) is 0 Å². The van der Waals surface area contributed by atoms with E-state index in [0.717, 1.165) is 0 Å². The van der Waals surface area contributed by atoms with E-state index in [1.54, 1.807) is 31.2 Å². The average Bonchev–Trinajstić information content (AvgIpc) is 2.28. The molecule has 0 fully saturated rings. The predicted molar refractivity (Wildman–Crippen MR) is 77.0 cm³/mol. The minimum Gasteiger partial charge on any atom is -0.330 e. The van der Waals surface area contributed by atoms with Crippen molar-refractivity contribution in [3.63, 3.8) is 0 Å². The fourth-order valence-electron chi connectivity index (χ4n) is 1.50.